The molecular weight excluding hydrogens is 267 g/mol. The Morgan fingerprint density at radius 3 is 2.33 bits per heavy atom. The SMILES string of the molecule is CCCC(CC)(OP(=O)(O)O)[SiH](O)[SiH2][SiH3]. The first-order chi connectivity index (χ1) is 6.81. The minimum atomic E-state index is -4.49. The Balaban J connectivity index is 4.88. The van der Waals surface area contributed by atoms with Gasteiger partial charge in [0.1, 0.15) is 0 Å². The molecule has 0 aromatic carbocycles. The molecule has 5 nitrogen and oxygen atoms in total. The smallest absolute Gasteiger partial charge is 0.436 e. The lowest BCUT2D eigenvalue weighted by molar-refractivity contribution is 0.0762. The molecule has 9 heteroatoms. The molecule has 0 bridgehead atoms. The molecule has 0 saturated carbocycles. The summed E-state index contributed by atoms with van der Waals surface area (Å²) in [5, 5.41) is -0.887. The van der Waals surface area contributed by atoms with Gasteiger partial charge in [-0.15, -0.1) is 0 Å². The van der Waals surface area contributed by atoms with Crippen LogP contribution in [0.1, 0.15) is 33.1 Å². The summed E-state index contributed by atoms with van der Waals surface area (Å²) in [6.45, 7) is 3.76. The highest BCUT2D eigenvalue weighted by Gasteiger charge is 2.42. The van der Waals surface area contributed by atoms with Crippen LogP contribution >= 0.6 is 7.82 Å². The molecule has 0 heterocycles. The topological polar surface area (TPSA) is 87.0 Å². The molecule has 15 heavy (non-hydrogen) atoms. The Kier molecular flexibility index (Phi) is 6.76. The molecule has 3 N–H and O–H groups in total. The van der Waals surface area contributed by atoms with Gasteiger partial charge in [-0.1, -0.05) is 20.3 Å². The first kappa shape index (κ1) is 15.7. The van der Waals surface area contributed by atoms with E-state index in [2.05, 4.69) is 0 Å². The number of phosphoric acid groups is 1. The zero-order valence-corrected chi connectivity index (χ0v) is 15.0. The van der Waals surface area contributed by atoms with Gasteiger partial charge < -0.3 is 14.6 Å². The molecule has 0 rings (SSSR count). The van der Waals surface area contributed by atoms with Crippen LogP contribution in [0, 0.1) is 0 Å². The monoisotopic (exact) mass is 288 g/mol. The molecule has 0 spiro atoms. The number of phosphoric ester groups is 1. The van der Waals surface area contributed by atoms with Crippen molar-refractivity contribution < 1.29 is 23.7 Å². The van der Waals surface area contributed by atoms with Crippen molar-refractivity contribution in [1.82, 2.24) is 0 Å². The first-order valence-electron chi connectivity index (χ1n) is 5.25. The van der Waals surface area contributed by atoms with E-state index in [1.807, 2.05) is 13.8 Å². The van der Waals surface area contributed by atoms with Gasteiger partial charge in [0.25, 0.3) is 0 Å². The maximum atomic E-state index is 10.9. The summed E-state index contributed by atoms with van der Waals surface area (Å²) in [4.78, 5) is 27.8. The van der Waals surface area contributed by atoms with Gasteiger partial charge in [0.2, 0.25) is 0 Å². The van der Waals surface area contributed by atoms with Crippen LogP contribution in [0.3, 0.4) is 0 Å². The lowest BCUT2D eigenvalue weighted by Crippen LogP contribution is -2.51. The minimum absolute atomic E-state index is 0.495. The molecular formula is C6H21O5PSi3. The van der Waals surface area contributed by atoms with Gasteiger partial charge in [0.05, 0.1) is 5.22 Å². The Bertz CT molecular complexity index is 235. The fraction of sp³-hybridized carbons (Fsp3) is 1.00. The van der Waals surface area contributed by atoms with E-state index in [1.165, 1.54) is 0 Å². The molecule has 92 valence electrons. The van der Waals surface area contributed by atoms with E-state index in [1.54, 1.807) is 0 Å². The standard InChI is InChI=1S/C6H21O5PSi3/c1-3-5-6(4-2,15(10)14-13)11-12(7,8)9/h10,15H,3-5,14H2,1-2,13H3,(H2,7,8,9). The van der Waals surface area contributed by atoms with Crippen molar-refractivity contribution in [1.29, 1.82) is 0 Å². The summed E-state index contributed by atoms with van der Waals surface area (Å²) in [6.07, 6.45) is 1.82. The van der Waals surface area contributed by atoms with Gasteiger partial charge in [0, 0.05) is 8.55 Å². The summed E-state index contributed by atoms with van der Waals surface area (Å²) in [7, 11) is -6.08. The van der Waals surface area contributed by atoms with Crippen LogP contribution in [0.4, 0.5) is 0 Å². The normalized spacial score (nSPS) is 19.5. The first-order valence-corrected chi connectivity index (χ1v) is 16.8. The highest BCUT2D eigenvalue weighted by molar-refractivity contribution is 7.46. The van der Waals surface area contributed by atoms with E-state index in [4.69, 9.17) is 14.3 Å². The van der Waals surface area contributed by atoms with Crippen molar-refractivity contribution in [3.05, 3.63) is 0 Å². The molecule has 0 saturated heterocycles. The predicted octanol–water partition coefficient (Wildman–Crippen LogP) is -1.75. The second kappa shape index (κ2) is 6.45. The van der Waals surface area contributed by atoms with E-state index >= 15 is 0 Å². The molecule has 0 fully saturated rings. The Hall–Kier alpha value is 0.721. The molecule has 0 amide bonds. The molecule has 0 aliphatic rings. The van der Waals surface area contributed by atoms with Crippen LogP contribution in [0.25, 0.3) is 0 Å². The maximum absolute atomic E-state index is 10.9. The van der Waals surface area contributed by atoms with E-state index in [-0.39, 0.29) is 0 Å². The average molecular weight is 288 g/mol. The molecule has 0 aliphatic heterocycles. The van der Waals surface area contributed by atoms with Gasteiger partial charge in [-0.05, 0) is 22.6 Å². The number of rotatable bonds is 7. The van der Waals surface area contributed by atoms with Crippen molar-refractivity contribution in [3.63, 3.8) is 0 Å². The molecule has 0 radical (unpaired) electrons. The highest BCUT2D eigenvalue weighted by Crippen LogP contribution is 2.44. The third-order valence-corrected chi connectivity index (χ3v) is 17.7. The van der Waals surface area contributed by atoms with Crippen LogP contribution in [-0.2, 0) is 9.09 Å². The zero-order valence-electron chi connectivity index (χ0n) is 9.51. The van der Waals surface area contributed by atoms with Gasteiger partial charge in [0.15, 0.2) is 8.56 Å². The lowest BCUT2D eigenvalue weighted by Gasteiger charge is -2.35. The van der Waals surface area contributed by atoms with Crippen molar-refractivity contribution >= 4 is 34.7 Å². The Labute approximate surface area is 97.0 Å². The van der Waals surface area contributed by atoms with E-state index < -0.39 is 30.2 Å². The Morgan fingerprint density at radius 1 is 1.53 bits per heavy atom. The lowest BCUT2D eigenvalue weighted by atomic mass is 10.1. The third-order valence-electron chi connectivity index (χ3n) is 2.57. The highest BCUT2D eigenvalue weighted by atomic mass is 31.2. The largest absolute Gasteiger partial charge is 0.469 e. The van der Waals surface area contributed by atoms with Crippen molar-refractivity contribution in [2.24, 2.45) is 0 Å². The fourth-order valence-electron chi connectivity index (χ4n) is 1.78. The van der Waals surface area contributed by atoms with Crippen molar-refractivity contribution in [3.8, 4) is 0 Å². The summed E-state index contributed by atoms with van der Waals surface area (Å²) >= 11 is 0. The van der Waals surface area contributed by atoms with Crippen LogP contribution in [0.5, 0.6) is 0 Å². The zero-order chi connectivity index (χ0) is 12.1. The van der Waals surface area contributed by atoms with Gasteiger partial charge in [-0.3, -0.25) is 4.52 Å². The van der Waals surface area contributed by atoms with E-state index in [9.17, 15) is 9.36 Å². The average Bonchev–Trinajstić information content (AvgIpc) is 2.13. The molecule has 2 unspecified atom stereocenters. The predicted molar refractivity (Wildman–Crippen MR) is 68.9 cm³/mol. The van der Waals surface area contributed by atoms with Gasteiger partial charge in [-0.2, -0.15) is 0 Å². The van der Waals surface area contributed by atoms with Crippen LogP contribution in [0.2, 0.25) is 0 Å². The summed E-state index contributed by atoms with van der Waals surface area (Å²) in [5.74, 6) is 0. The van der Waals surface area contributed by atoms with E-state index in [0.29, 0.717) is 12.8 Å². The van der Waals surface area contributed by atoms with Crippen molar-refractivity contribution in [2.75, 3.05) is 0 Å². The summed E-state index contributed by atoms with van der Waals surface area (Å²) < 4.78 is 15.8. The van der Waals surface area contributed by atoms with E-state index in [0.717, 1.165) is 16.2 Å². The summed E-state index contributed by atoms with van der Waals surface area (Å²) in [5.41, 5.74) is 0. The van der Waals surface area contributed by atoms with Crippen LogP contribution in [-0.4, -0.2) is 46.7 Å². The minimum Gasteiger partial charge on any atom is -0.436 e. The van der Waals surface area contributed by atoms with Crippen LogP contribution < -0.4 is 0 Å². The second-order valence-electron chi connectivity index (χ2n) is 3.67. The Morgan fingerprint density at radius 2 is 2.07 bits per heavy atom. The molecule has 0 aliphatic carbocycles. The van der Waals surface area contributed by atoms with Crippen LogP contribution in [0.15, 0.2) is 0 Å². The second-order valence-corrected chi connectivity index (χ2v) is 19.9. The number of hydrogen-bond acceptors (Lipinski definition) is 3. The maximum Gasteiger partial charge on any atom is 0.469 e. The quantitative estimate of drug-likeness (QED) is 0.382. The third kappa shape index (κ3) is 5.05. The summed E-state index contributed by atoms with van der Waals surface area (Å²) in [6, 6.07) is 0. The molecule has 0 aromatic heterocycles. The number of hydrogen-bond donors (Lipinski definition) is 3. The molecule has 0 aromatic rings. The molecule has 2 atom stereocenters. The fourth-order valence-corrected chi connectivity index (χ4v) is 16.3. The van der Waals surface area contributed by atoms with Gasteiger partial charge in [-0.25, -0.2) is 4.57 Å². The van der Waals surface area contributed by atoms with Crippen molar-refractivity contribution in [2.45, 2.75) is 38.3 Å². The van der Waals surface area contributed by atoms with Gasteiger partial charge >= 0.3 is 7.82 Å².